The first-order valence-corrected chi connectivity index (χ1v) is 6.97. The van der Waals surface area contributed by atoms with Crippen molar-refractivity contribution in [3.63, 3.8) is 0 Å². The van der Waals surface area contributed by atoms with Gasteiger partial charge in [0.25, 0.3) is 0 Å². The van der Waals surface area contributed by atoms with Crippen molar-refractivity contribution in [3.8, 4) is 5.75 Å². The van der Waals surface area contributed by atoms with E-state index >= 15 is 0 Å². The normalized spacial score (nSPS) is 26.9. The topological polar surface area (TPSA) is 59.3 Å². The van der Waals surface area contributed by atoms with E-state index in [2.05, 4.69) is 49.8 Å². The summed E-state index contributed by atoms with van der Waals surface area (Å²) in [6, 6.07) is 7.08. The van der Waals surface area contributed by atoms with Crippen LogP contribution in [0.5, 0.6) is 5.75 Å². The van der Waals surface area contributed by atoms with Crippen molar-refractivity contribution in [1.29, 1.82) is 0 Å². The molecule has 1 aromatic carbocycles. The first-order chi connectivity index (χ1) is 9.08. The van der Waals surface area contributed by atoms with Gasteiger partial charge in [-0.15, -0.1) is 0 Å². The second kappa shape index (κ2) is 5.90. The molecule has 4 heteroatoms. The molecule has 1 aliphatic rings. The third-order valence-electron chi connectivity index (χ3n) is 4.04. The first-order valence-electron chi connectivity index (χ1n) is 6.97. The fourth-order valence-electron chi connectivity index (χ4n) is 2.79. The minimum absolute atomic E-state index is 0.267. The van der Waals surface area contributed by atoms with Crippen LogP contribution in [0.25, 0.3) is 0 Å². The molecule has 1 heterocycles. The lowest BCUT2D eigenvalue weighted by Crippen LogP contribution is -2.30. The van der Waals surface area contributed by atoms with Gasteiger partial charge in [-0.1, -0.05) is 26.0 Å². The van der Waals surface area contributed by atoms with Gasteiger partial charge in [-0.3, -0.25) is 5.43 Å². The molecule has 0 bridgehead atoms. The molecule has 1 aliphatic heterocycles. The van der Waals surface area contributed by atoms with Gasteiger partial charge >= 0.3 is 0 Å². The smallest absolute Gasteiger partial charge is 0.122 e. The molecule has 19 heavy (non-hydrogen) atoms. The van der Waals surface area contributed by atoms with Gasteiger partial charge in [0.15, 0.2) is 0 Å². The summed E-state index contributed by atoms with van der Waals surface area (Å²) in [5, 5.41) is 0. The van der Waals surface area contributed by atoms with E-state index in [1.165, 1.54) is 11.1 Å². The van der Waals surface area contributed by atoms with Crippen LogP contribution < -0.4 is 21.3 Å². The molecular formula is C15H25N3O. The number of hydrogen-bond acceptors (Lipinski definition) is 4. The Hall–Kier alpha value is -1.10. The Morgan fingerprint density at radius 3 is 2.63 bits per heavy atom. The number of benzene rings is 1. The molecule has 4 nitrogen and oxygen atoms in total. The predicted molar refractivity (Wildman–Crippen MR) is 78.1 cm³/mol. The lowest BCUT2D eigenvalue weighted by Gasteiger charge is -2.21. The summed E-state index contributed by atoms with van der Waals surface area (Å²) in [6.45, 7) is 7.21. The van der Waals surface area contributed by atoms with Crippen LogP contribution in [-0.4, -0.2) is 19.7 Å². The zero-order valence-corrected chi connectivity index (χ0v) is 12.2. The summed E-state index contributed by atoms with van der Waals surface area (Å²) < 4.78 is 5.44. The highest BCUT2D eigenvalue weighted by atomic mass is 16.5. The average Bonchev–Trinajstić information content (AvgIpc) is 2.78. The molecule has 0 amide bonds. The second-order valence-corrected chi connectivity index (χ2v) is 5.61. The standard InChI is InChI=1S/C15H25N3O/c1-9(2)12-7-11(5-6-14(12)19-4)15-13(8-16)10(3)17-18-15/h5-7,9-10,13,15,17-18H,8,16H2,1-4H3. The van der Waals surface area contributed by atoms with Gasteiger partial charge in [-0.2, -0.15) is 0 Å². The maximum absolute atomic E-state index is 5.90. The minimum atomic E-state index is 0.267. The Kier molecular flexibility index (Phi) is 4.45. The summed E-state index contributed by atoms with van der Waals surface area (Å²) >= 11 is 0. The molecule has 1 saturated heterocycles. The van der Waals surface area contributed by atoms with Crippen molar-refractivity contribution in [2.24, 2.45) is 11.7 Å². The average molecular weight is 263 g/mol. The third-order valence-corrected chi connectivity index (χ3v) is 4.04. The summed E-state index contributed by atoms with van der Waals surface area (Å²) in [4.78, 5) is 0. The van der Waals surface area contributed by atoms with Crippen molar-refractivity contribution in [2.75, 3.05) is 13.7 Å². The number of nitrogens with one attached hydrogen (secondary N) is 2. The number of ether oxygens (including phenoxy) is 1. The van der Waals surface area contributed by atoms with Crippen LogP contribution in [0.3, 0.4) is 0 Å². The second-order valence-electron chi connectivity index (χ2n) is 5.61. The molecule has 3 unspecified atom stereocenters. The molecular weight excluding hydrogens is 238 g/mol. The summed E-state index contributed by atoms with van der Waals surface area (Å²) in [7, 11) is 1.72. The maximum Gasteiger partial charge on any atom is 0.122 e. The van der Waals surface area contributed by atoms with Crippen LogP contribution in [0.15, 0.2) is 18.2 Å². The van der Waals surface area contributed by atoms with E-state index < -0.39 is 0 Å². The van der Waals surface area contributed by atoms with Gasteiger partial charge in [0.2, 0.25) is 0 Å². The van der Waals surface area contributed by atoms with Crippen LogP contribution in [0.2, 0.25) is 0 Å². The summed E-state index contributed by atoms with van der Waals surface area (Å²) in [5.74, 6) is 1.81. The van der Waals surface area contributed by atoms with Crippen LogP contribution >= 0.6 is 0 Å². The van der Waals surface area contributed by atoms with Crippen LogP contribution in [0, 0.1) is 5.92 Å². The fourth-order valence-corrected chi connectivity index (χ4v) is 2.79. The van der Waals surface area contributed by atoms with Gasteiger partial charge in [0.05, 0.1) is 13.2 Å². The summed E-state index contributed by atoms with van der Waals surface area (Å²) in [5.41, 5.74) is 15.1. The number of rotatable bonds is 4. The van der Waals surface area contributed by atoms with Crippen molar-refractivity contribution in [1.82, 2.24) is 10.9 Å². The molecule has 0 aromatic heterocycles. The maximum atomic E-state index is 5.90. The van der Waals surface area contributed by atoms with Gasteiger partial charge in [0.1, 0.15) is 5.75 Å². The molecule has 2 rings (SSSR count). The monoisotopic (exact) mass is 263 g/mol. The Morgan fingerprint density at radius 2 is 2.05 bits per heavy atom. The molecule has 106 valence electrons. The lowest BCUT2D eigenvalue weighted by atomic mass is 9.88. The molecule has 3 atom stereocenters. The van der Waals surface area contributed by atoms with E-state index in [0.717, 1.165) is 5.75 Å². The fraction of sp³-hybridized carbons (Fsp3) is 0.600. The Morgan fingerprint density at radius 1 is 1.32 bits per heavy atom. The Bertz CT molecular complexity index is 433. The Balaban J connectivity index is 2.33. The third kappa shape index (κ3) is 2.76. The van der Waals surface area contributed by atoms with Gasteiger partial charge in [-0.05, 0) is 36.6 Å². The van der Waals surface area contributed by atoms with Gasteiger partial charge in [-0.25, -0.2) is 5.43 Å². The predicted octanol–water partition coefficient (Wildman–Crippen LogP) is 1.93. The largest absolute Gasteiger partial charge is 0.496 e. The van der Waals surface area contributed by atoms with E-state index in [1.807, 2.05) is 0 Å². The Labute approximate surface area is 115 Å². The van der Waals surface area contributed by atoms with Crippen molar-refractivity contribution in [2.45, 2.75) is 38.8 Å². The van der Waals surface area contributed by atoms with E-state index in [9.17, 15) is 0 Å². The van der Waals surface area contributed by atoms with E-state index in [0.29, 0.717) is 24.4 Å². The lowest BCUT2D eigenvalue weighted by molar-refractivity contribution is 0.405. The zero-order valence-electron chi connectivity index (χ0n) is 12.2. The molecule has 0 aliphatic carbocycles. The SMILES string of the molecule is COc1ccc(C2NNC(C)C2CN)cc1C(C)C. The zero-order chi connectivity index (χ0) is 14.0. The molecule has 1 fully saturated rings. The molecule has 1 aromatic rings. The van der Waals surface area contributed by atoms with E-state index in [1.54, 1.807) is 7.11 Å². The molecule has 0 radical (unpaired) electrons. The van der Waals surface area contributed by atoms with Crippen molar-refractivity contribution >= 4 is 0 Å². The van der Waals surface area contributed by atoms with Crippen LogP contribution in [0.4, 0.5) is 0 Å². The highest BCUT2D eigenvalue weighted by molar-refractivity contribution is 5.40. The van der Waals surface area contributed by atoms with Crippen LogP contribution in [0.1, 0.15) is 43.9 Å². The first kappa shape index (κ1) is 14.3. The molecule has 4 N–H and O–H groups in total. The van der Waals surface area contributed by atoms with Crippen molar-refractivity contribution < 1.29 is 4.74 Å². The van der Waals surface area contributed by atoms with Crippen LogP contribution in [-0.2, 0) is 0 Å². The van der Waals surface area contributed by atoms with E-state index in [-0.39, 0.29) is 6.04 Å². The summed E-state index contributed by atoms with van der Waals surface area (Å²) in [6.07, 6.45) is 0. The molecule has 0 saturated carbocycles. The van der Waals surface area contributed by atoms with Gasteiger partial charge < -0.3 is 10.5 Å². The number of hydrogen-bond donors (Lipinski definition) is 3. The van der Waals surface area contributed by atoms with Gasteiger partial charge in [0, 0.05) is 12.0 Å². The number of methoxy groups -OCH3 is 1. The van der Waals surface area contributed by atoms with E-state index in [4.69, 9.17) is 10.5 Å². The minimum Gasteiger partial charge on any atom is -0.496 e. The highest BCUT2D eigenvalue weighted by Crippen LogP contribution is 2.33. The molecule has 0 spiro atoms. The highest BCUT2D eigenvalue weighted by Gasteiger charge is 2.33. The number of hydrazine groups is 1. The van der Waals surface area contributed by atoms with Crippen molar-refractivity contribution in [3.05, 3.63) is 29.3 Å². The number of nitrogens with two attached hydrogens (primary N) is 1. The quantitative estimate of drug-likeness (QED) is 0.777.